The Kier molecular flexibility index (Phi) is 3.36. The smallest absolute Gasteiger partial charge is 0.256 e. The van der Waals surface area contributed by atoms with Crippen molar-refractivity contribution in [3.05, 3.63) is 29.3 Å². The topological polar surface area (TPSA) is 103 Å². The number of amides is 3. The number of rotatable bonds is 3. The number of aryl methyl sites for hydroxylation is 1. The minimum absolute atomic E-state index is 0.140. The van der Waals surface area contributed by atoms with Crippen molar-refractivity contribution in [3.63, 3.8) is 0 Å². The van der Waals surface area contributed by atoms with E-state index >= 15 is 0 Å². The minimum Gasteiger partial charge on any atom is -0.324 e. The summed E-state index contributed by atoms with van der Waals surface area (Å²) >= 11 is 0. The summed E-state index contributed by atoms with van der Waals surface area (Å²) in [4.78, 5) is 35.3. The van der Waals surface area contributed by atoms with Crippen molar-refractivity contribution in [2.75, 3.05) is 11.9 Å². The third kappa shape index (κ3) is 2.32. The molecule has 0 bridgehead atoms. The Morgan fingerprint density at radius 1 is 1.32 bits per heavy atom. The molecule has 1 aromatic rings. The van der Waals surface area contributed by atoms with Crippen LogP contribution < -0.4 is 10.6 Å². The van der Waals surface area contributed by atoms with Crippen molar-refractivity contribution in [2.45, 2.75) is 25.9 Å². The Morgan fingerprint density at radius 3 is 2.86 bits per heavy atom. The number of nitrogens with zero attached hydrogens (tertiary/aromatic N) is 3. The molecule has 1 saturated heterocycles. The molecule has 2 N–H and O–H groups in total. The van der Waals surface area contributed by atoms with E-state index < -0.39 is 23.9 Å². The predicted molar refractivity (Wildman–Crippen MR) is 76.8 cm³/mol. The third-order valence-corrected chi connectivity index (χ3v) is 3.88. The standard InChI is InChI=1S/C14H15N5O3/c1-7-4-3-5-9(8(7)2)15-10(20)6-19-12-11(17-18-19)13(21)16-14(12)22/h3-5,11-12H,6H2,1-2H3,(H,15,20)(H,16,21,22)/t11-,12-/m1/s1. The molecule has 0 unspecified atom stereocenters. The summed E-state index contributed by atoms with van der Waals surface area (Å²) in [6, 6.07) is 3.95. The molecular formula is C14H15N5O3. The van der Waals surface area contributed by atoms with Crippen LogP contribution in [0.4, 0.5) is 5.69 Å². The lowest BCUT2D eigenvalue weighted by molar-refractivity contribution is -0.126. The van der Waals surface area contributed by atoms with E-state index in [1.54, 1.807) is 6.07 Å². The van der Waals surface area contributed by atoms with E-state index in [1.807, 2.05) is 26.0 Å². The highest BCUT2D eigenvalue weighted by atomic mass is 16.2. The van der Waals surface area contributed by atoms with E-state index in [2.05, 4.69) is 21.0 Å². The fourth-order valence-electron chi connectivity index (χ4n) is 2.50. The molecule has 8 nitrogen and oxygen atoms in total. The van der Waals surface area contributed by atoms with Gasteiger partial charge in [-0.05, 0) is 31.0 Å². The molecule has 0 spiro atoms. The van der Waals surface area contributed by atoms with Crippen molar-refractivity contribution in [2.24, 2.45) is 10.3 Å². The van der Waals surface area contributed by atoms with Gasteiger partial charge in [-0.1, -0.05) is 17.4 Å². The number of carbonyl (C=O) groups excluding carboxylic acids is 3. The van der Waals surface area contributed by atoms with Crippen LogP contribution in [0.3, 0.4) is 0 Å². The largest absolute Gasteiger partial charge is 0.324 e. The highest BCUT2D eigenvalue weighted by Gasteiger charge is 2.49. The first-order valence-electron chi connectivity index (χ1n) is 6.85. The summed E-state index contributed by atoms with van der Waals surface area (Å²) in [6.45, 7) is 3.73. The lowest BCUT2D eigenvalue weighted by atomic mass is 10.1. The van der Waals surface area contributed by atoms with E-state index in [0.717, 1.165) is 11.1 Å². The summed E-state index contributed by atoms with van der Waals surface area (Å²) in [5.74, 6) is -1.27. The average molecular weight is 301 g/mol. The molecule has 3 amide bonds. The SMILES string of the molecule is Cc1cccc(NC(=O)CN2N=N[C@H]3C(=O)NC(=O)[C@@H]32)c1C. The first-order valence-corrected chi connectivity index (χ1v) is 6.85. The second kappa shape index (κ2) is 5.21. The van der Waals surface area contributed by atoms with E-state index in [1.165, 1.54) is 5.01 Å². The molecule has 22 heavy (non-hydrogen) atoms. The van der Waals surface area contributed by atoms with Gasteiger partial charge in [-0.25, -0.2) is 0 Å². The zero-order chi connectivity index (χ0) is 15.9. The lowest BCUT2D eigenvalue weighted by Crippen LogP contribution is -2.42. The molecular weight excluding hydrogens is 286 g/mol. The number of imide groups is 1. The molecule has 2 atom stereocenters. The number of anilines is 1. The van der Waals surface area contributed by atoms with Gasteiger partial charge in [0.25, 0.3) is 11.8 Å². The number of nitrogens with one attached hydrogen (secondary N) is 2. The van der Waals surface area contributed by atoms with Crippen LogP contribution in [0, 0.1) is 13.8 Å². The molecule has 1 fully saturated rings. The molecule has 2 aliphatic rings. The normalized spacial score (nSPS) is 22.7. The Labute approximate surface area is 126 Å². The number of hydrogen-bond donors (Lipinski definition) is 2. The Balaban J connectivity index is 1.68. The molecule has 2 aliphatic heterocycles. The summed E-state index contributed by atoms with van der Waals surface area (Å²) in [5.41, 5.74) is 2.76. The average Bonchev–Trinajstić information content (AvgIpc) is 2.99. The van der Waals surface area contributed by atoms with Gasteiger partial charge in [-0.3, -0.25) is 24.7 Å². The van der Waals surface area contributed by atoms with Crippen LogP contribution >= 0.6 is 0 Å². The molecule has 0 radical (unpaired) electrons. The van der Waals surface area contributed by atoms with Crippen LogP contribution in [0.25, 0.3) is 0 Å². The molecule has 0 aliphatic carbocycles. The van der Waals surface area contributed by atoms with Gasteiger partial charge in [0.2, 0.25) is 5.91 Å². The Hall–Kier alpha value is -2.77. The maximum atomic E-state index is 12.1. The van der Waals surface area contributed by atoms with Gasteiger partial charge < -0.3 is 5.32 Å². The van der Waals surface area contributed by atoms with Crippen molar-refractivity contribution in [1.29, 1.82) is 0 Å². The van der Waals surface area contributed by atoms with Gasteiger partial charge >= 0.3 is 0 Å². The van der Waals surface area contributed by atoms with Crippen LogP contribution in [0.1, 0.15) is 11.1 Å². The number of fused-ring (bicyclic) bond motifs is 1. The monoisotopic (exact) mass is 301 g/mol. The van der Waals surface area contributed by atoms with Gasteiger partial charge in [-0.15, -0.1) is 0 Å². The van der Waals surface area contributed by atoms with Gasteiger partial charge in [0, 0.05) is 5.69 Å². The maximum Gasteiger partial charge on any atom is 0.256 e. The van der Waals surface area contributed by atoms with Crippen molar-refractivity contribution in [1.82, 2.24) is 10.3 Å². The van der Waals surface area contributed by atoms with Crippen LogP contribution in [0.15, 0.2) is 28.5 Å². The molecule has 114 valence electrons. The fraction of sp³-hybridized carbons (Fsp3) is 0.357. The summed E-state index contributed by atoms with van der Waals surface area (Å²) < 4.78 is 0. The third-order valence-electron chi connectivity index (χ3n) is 3.88. The Morgan fingerprint density at radius 2 is 2.09 bits per heavy atom. The summed E-state index contributed by atoms with van der Waals surface area (Å²) in [6.07, 6.45) is 0. The summed E-state index contributed by atoms with van der Waals surface area (Å²) in [5, 5.41) is 13.7. The van der Waals surface area contributed by atoms with E-state index in [0.29, 0.717) is 5.69 Å². The van der Waals surface area contributed by atoms with E-state index in [4.69, 9.17) is 0 Å². The fourth-order valence-corrected chi connectivity index (χ4v) is 2.50. The predicted octanol–water partition coefficient (Wildman–Crippen LogP) is 0.318. The molecule has 1 aromatic carbocycles. The number of hydrogen-bond acceptors (Lipinski definition) is 6. The molecule has 0 aromatic heterocycles. The zero-order valence-electron chi connectivity index (χ0n) is 12.2. The van der Waals surface area contributed by atoms with Crippen LogP contribution in [-0.4, -0.2) is 41.4 Å². The van der Waals surface area contributed by atoms with Gasteiger partial charge in [-0.2, -0.15) is 5.11 Å². The molecule has 3 rings (SSSR count). The maximum absolute atomic E-state index is 12.1. The highest BCUT2D eigenvalue weighted by Crippen LogP contribution is 2.23. The second-order valence-electron chi connectivity index (χ2n) is 5.34. The highest BCUT2D eigenvalue weighted by molar-refractivity contribution is 6.09. The van der Waals surface area contributed by atoms with Crippen molar-refractivity contribution < 1.29 is 14.4 Å². The quantitative estimate of drug-likeness (QED) is 0.784. The first kappa shape index (κ1) is 14.2. The summed E-state index contributed by atoms with van der Waals surface area (Å²) in [7, 11) is 0. The van der Waals surface area contributed by atoms with Crippen LogP contribution in [0.5, 0.6) is 0 Å². The van der Waals surface area contributed by atoms with E-state index in [9.17, 15) is 14.4 Å². The first-order chi connectivity index (χ1) is 10.5. The Bertz CT molecular complexity index is 700. The van der Waals surface area contributed by atoms with Gasteiger partial charge in [0.1, 0.15) is 6.54 Å². The minimum atomic E-state index is -0.846. The van der Waals surface area contributed by atoms with Gasteiger partial charge in [0.05, 0.1) is 0 Å². The zero-order valence-corrected chi connectivity index (χ0v) is 12.2. The lowest BCUT2D eigenvalue weighted by Gasteiger charge is -2.18. The van der Waals surface area contributed by atoms with Gasteiger partial charge in [0.15, 0.2) is 12.1 Å². The number of carbonyl (C=O) groups is 3. The molecule has 0 saturated carbocycles. The van der Waals surface area contributed by atoms with Crippen LogP contribution in [-0.2, 0) is 14.4 Å². The van der Waals surface area contributed by atoms with Crippen molar-refractivity contribution >= 4 is 23.4 Å². The molecule has 2 heterocycles. The van der Waals surface area contributed by atoms with Crippen molar-refractivity contribution in [3.8, 4) is 0 Å². The van der Waals surface area contributed by atoms with Crippen LogP contribution in [0.2, 0.25) is 0 Å². The number of benzene rings is 1. The molecule has 8 heteroatoms. The van der Waals surface area contributed by atoms with E-state index in [-0.39, 0.29) is 12.5 Å². The second-order valence-corrected chi connectivity index (χ2v) is 5.34.